The summed E-state index contributed by atoms with van der Waals surface area (Å²) in [4.78, 5) is 13.0. The van der Waals surface area contributed by atoms with Crippen LogP contribution >= 0.6 is 39.1 Å². The van der Waals surface area contributed by atoms with E-state index in [0.29, 0.717) is 21.4 Å². The molecule has 0 radical (unpaired) electrons. The van der Waals surface area contributed by atoms with Crippen molar-refractivity contribution in [1.82, 2.24) is 9.62 Å². The third-order valence-electron chi connectivity index (χ3n) is 5.12. The highest BCUT2D eigenvalue weighted by atomic mass is 79.9. The Hall–Kier alpha value is -2.10. The summed E-state index contributed by atoms with van der Waals surface area (Å²) in [6.45, 7) is 1.29. The van der Waals surface area contributed by atoms with Crippen LogP contribution in [0.25, 0.3) is 0 Å². The van der Waals surface area contributed by atoms with Crippen LogP contribution in [0.4, 0.5) is 0 Å². The minimum absolute atomic E-state index is 0.0614. The minimum Gasteiger partial charge on any atom is -0.496 e. The van der Waals surface area contributed by atoms with Gasteiger partial charge in [-0.05, 0) is 55.0 Å². The number of carbonyl (C=O) groups is 1. The predicted octanol–water partition coefficient (Wildman–Crippen LogP) is 5.83. The zero-order valence-electron chi connectivity index (χ0n) is 18.5. The summed E-state index contributed by atoms with van der Waals surface area (Å²) in [5, 5.41) is 3.60. The zero-order chi connectivity index (χ0) is 24.9. The van der Waals surface area contributed by atoms with Crippen molar-refractivity contribution in [3.05, 3.63) is 92.4 Å². The van der Waals surface area contributed by atoms with E-state index in [2.05, 4.69) is 21.2 Å². The number of rotatable bonds is 9. The average Bonchev–Trinajstić information content (AvgIpc) is 2.80. The molecule has 34 heavy (non-hydrogen) atoms. The van der Waals surface area contributed by atoms with Gasteiger partial charge in [0, 0.05) is 26.6 Å². The molecule has 180 valence electrons. The number of halogens is 3. The summed E-state index contributed by atoms with van der Waals surface area (Å²) in [6.07, 6.45) is 0. The normalized spacial score (nSPS) is 12.4. The van der Waals surface area contributed by atoms with Crippen LogP contribution in [0.1, 0.15) is 24.1 Å². The molecule has 3 rings (SSSR count). The number of ether oxygens (including phenoxy) is 1. The summed E-state index contributed by atoms with van der Waals surface area (Å²) in [6, 6.07) is 17.9. The fraction of sp³-hybridized carbons (Fsp3) is 0.208. The third kappa shape index (κ3) is 6.52. The largest absolute Gasteiger partial charge is 0.496 e. The van der Waals surface area contributed by atoms with Crippen molar-refractivity contribution in [2.24, 2.45) is 0 Å². The Labute approximate surface area is 218 Å². The van der Waals surface area contributed by atoms with E-state index < -0.39 is 28.5 Å². The lowest BCUT2D eigenvalue weighted by atomic mass is 10.1. The summed E-state index contributed by atoms with van der Waals surface area (Å²) in [7, 11) is -2.46. The molecule has 0 saturated carbocycles. The maximum absolute atomic E-state index is 13.5. The van der Waals surface area contributed by atoms with Gasteiger partial charge in [0.2, 0.25) is 15.9 Å². The first-order chi connectivity index (χ1) is 16.1. The topological polar surface area (TPSA) is 75.7 Å². The van der Waals surface area contributed by atoms with E-state index in [-0.39, 0.29) is 11.4 Å². The molecule has 6 nitrogen and oxygen atoms in total. The summed E-state index contributed by atoms with van der Waals surface area (Å²) >= 11 is 15.6. The summed E-state index contributed by atoms with van der Waals surface area (Å²) in [5.41, 5.74) is 1.30. The number of nitrogens with one attached hydrogen (secondary N) is 1. The van der Waals surface area contributed by atoms with Crippen molar-refractivity contribution in [2.45, 2.75) is 24.4 Å². The smallest absolute Gasteiger partial charge is 0.243 e. The van der Waals surface area contributed by atoms with Crippen molar-refractivity contribution < 1.29 is 17.9 Å². The Morgan fingerprint density at radius 2 is 1.76 bits per heavy atom. The molecular weight excluding hydrogens is 563 g/mol. The number of hydrogen-bond donors (Lipinski definition) is 1. The van der Waals surface area contributed by atoms with Crippen molar-refractivity contribution in [3.63, 3.8) is 0 Å². The molecule has 1 N–H and O–H groups in total. The number of amides is 1. The average molecular weight is 586 g/mol. The van der Waals surface area contributed by atoms with Gasteiger partial charge in [-0.2, -0.15) is 4.31 Å². The number of para-hydroxylation sites is 1. The number of hydrogen-bond acceptors (Lipinski definition) is 4. The van der Waals surface area contributed by atoms with E-state index >= 15 is 0 Å². The lowest BCUT2D eigenvalue weighted by Gasteiger charge is -2.24. The first-order valence-electron chi connectivity index (χ1n) is 10.2. The fourth-order valence-electron chi connectivity index (χ4n) is 3.37. The minimum atomic E-state index is -4.02. The molecular formula is C24H23BrCl2N2O4S. The highest BCUT2D eigenvalue weighted by Gasteiger charge is 2.28. The van der Waals surface area contributed by atoms with Crippen molar-refractivity contribution in [2.75, 3.05) is 13.7 Å². The van der Waals surface area contributed by atoms with Gasteiger partial charge in [0.25, 0.3) is 0 Å². The SMILES string of the molecule is COc1ccccc1[C@H](C)NC(=O)CN(Cc1ccc(Cl)cc1Cl)S(=O)(=O)c1ccc(Br)cc1. The molecule has 0 aromatic heterocycles. The van der Waals surface area contributed by atoms with Crippen LogP contribution in [0.3, 0.4) is 0 Å². The van der Waals surface area contributed by atoms with Crippen LogP contribution in [0.5, 0.6) is 5.75 Å². The standard InChI is InChI=1S/C24H23BrCl2N2O4S/c1-16(21-5-3-4-6-23(21)33-2)28-24(30)15-29(14-17-7-10-19(26)13-22(17)27)34(31,32)20-11-8-18(25)9-12-20/h3-13,16H,14-15H2,1-2H3,(H,28,30)/t16-/m0/s1. The predicted molar refractivity (Wildman–Crippen MR) is 138 cm³/mol. The van der Waals surface area contributed by atoms with Crippen LogP contribution in [0.15, 0.2) is 76.1 Å². The van der Waals surface area contributed by atoms with Gasteiger partial charge in [-0.15, -0.1) is 0 Å². The Morgan fingerprint density at radius 3 is 2.41 bits per heavy atom. The lowest BCUT2D eigenvalue weighted by molar-refractivity contribution is -0.122. The maximum Gasteiger partial charge on any atom is 0.243 e. The molecule has 0 aliphatic carbocycles. The maximum atomic E-state index is 13.5. The second-order valence-corrected chi connectivity index (χ2v) is 11.2. The third-order valence-corrected chi connectivity index (χ3v) is 8.04. The molecule has 0 saturated heterocycles. The fourth-order valence-corrected chi connectivity index (χ4v) is 5.48. The number of sulfonamides is 1. The zero-order valence-corrected chi connectivity index (χ0v) is 22.4. The molecule has 3 aromatic rings. The molecule has 0 aliphatic heterocycles. The van der Waals surface area contributed by atoms with Gasteiger partial charge in [-0.25, -0.2) is 8.42 Å². The number of nitrogens with zero attached hydrogens (tertiary/aromatic N) is 1. The van der Waals surface area contributed by atoms with Gasteiger partial charge < -0.3 is 10.1 Å². The first kappa shape index (κ1) is 26.5. The van der Waals surface area contributed by atoms with Crippen molar-refractivity contribution in [1.29, 1.82) is 0 Å². The van der Waals surface area contributed by atoms with Gasteiger partial charge in [0.1, 0.15) is 5.75 Å². The highest BCUT2D eigenvalue weighted by molar-refractivity contribution is 9.10. The molecule has 0 fully saturated rings. The Balaban J connectivity index is 1.88. The Kier molecular flexibility index (Phi) is 9.01. The quantitative estimate of drug-likeness (QED) is 0.343. The van der Waals surface area contributed by atoms with Gasteiger partial charge in [-0.3, -0.25) is 4.79 Å². The van der Waals surface area contributed by atoms with Crippen LogP contribution in [-0.4, -0.2) is 32.3 Å². The molecule has 0 heterocycles. The van der Waals surface area contributed by atoms with Gasteiger partial charge in [0.15, 0.2) is 0 Å². The second-order valence-electron chi connectivity index (χ2n) is 7.49. The summed E-state index contributed by atoms with van der Waals surface area (Å²) < 4.78 is 34.1. The summed E-state index contributed by atoms with van der Waals surface area (Å²) in [5.74, 6) is 0.159. The van der Waals surface area contributed by atoms with E-state index in [4.69, 9.17) is 27.9 Å². The molecule has 1 atom stereocenters. The van der Waals surface area contributed by atoms with Crippen LogP contribution < -0.4 is 10.1 Å². The molecule has 0 bridgehead atoms. The molecule has 10 heteroatoms. The number of carbonyl (C=O) groups excluding carboxylic acids is 1. The lowest BCUT2D eigenvalue weighted by Crippen LogP contribution is -2.41. The van der Waals surface area contributed by atoms with E-state index in [0.717, 1.165) is 14.3 Å². The first-order valence-corrected chi connectivity index (χ1v) is 13.2. The monoisotopic (exact) mass is 584 g/mol. The van der Waals surface area contributed by atoms with Crippen LogP contribution in [-0.2, 0) is 21.4 Å². The molecule has 0 spiro atoms. The second kappa shape index (κ2) is 11.6. The van der Waals surface area contributed by atoms with Crippen LogP contribution in [0, 0.1) is 0 Å². The Bertz CT molecular complexity index is 1270. The van der Waals surface area contributed by atoms with E-state index in [1.807, 2.05) is 18.2 Å². The highest BCUT2D eigenvalue weighted by Crippen LogP contribution is 2.27. The number of benzene rings is 3. The van der Waals surface area contributed by atoms with Gasteiger partial charge >= 0.3 is 0 Å². The molecule has 1 amide bonds. The van der Waals surface area contributed by atoms with Crippen molar-refractivity contribution >= 4 is 55.1 Å². The molecule has 3 aromatic carbocycles. The van der Waals surface area contributed by atoms with Gasteiger partial charge in [-0.1, -0.05) is 63.4 Å². The number of methoxy groups -OCH3 is 1. The van der Waals surface area contributed by atoms with E-state index in [9.17, 15) is 13.2 Å². The van der Waals surface area contributed by atoms with Gasteiger partial charge in [0.05, 0.1) is 24.6 Å². The Morgan fingerprint density at radius 1 is 1.09 bits per heavy atom. The van der Waals surface area contributed by atoms with E-state index in [1.165, 1.54) is 18.2 Å². The van der Waals surface area contributed by atoms with Crippen molar-refractivity contribution in [3.8, 4) is 5.75 Å². The molecule has 0 unspecified atom stereocenters. The van der Waals surface area contributed by atoms with E-state index in [1.54, 1.807) is 44.4 Å². The molecule has 0 aliphatic rings. The van der Waals surface area contributed by atoms with Crippen LogP contribution in [0.2, 0.25) is 10.0 Å².